The van der Waals surface area contributed by atoms with Gasteiger partial charge >= 0.3 is 6.18 Å². The molecular weight excluding hydrogens is 257 g/mol. The van der Waals surface area contributed by atoms with Crippen LogP contribution >= 0.6 is 0 Å². The zero-order valence-electron chi connectivity index (χ0n) is 10.8. The van der Waals surface area contributed by atoms with Crippen molar-refractivity contribution in [1.82, 2.24) is 5.32 Å². The molecule has 4 N–H and O–H groups in total. The van der Waals surface area contributed by atoms with Crippen LogP contribution < -0.4 is 11.1 Å². The van der Waals surface area contributed by atoms with Gasteiger partial charge < -0.3 is 16.2 Å². The maximum atomic E-state index is 12.6. The maximum Gasteiger partial charge on any atom is 0.416 e. The summed E-state index contributed by atoms with van der Waals surface area (Å²) >= 11 is 0. The van der Waals surface area contributed by atoms with Crippen LogP contribution in [0.15, 0.2) is 18.2 Å². The number of nitrogens with two attached hydrogens (primary N) is 1. The number of likely N-dealkylation sites (N-methyl/N-ethyl adjacent to an activating group) is 1. The predicted octanol–water partition coefficient (Wildman–Crippen LogP) is 1.68. The number of benzene rings is 1. The highest BCUT2D eigenvalue weighted by Gasteiger charge is 2.30. The second-order valence-corrected chi connectivity index (χ2v) is 4.44. The van der Waals surface area contributed by atoms with Crippen LogP contribution in [0.4, 0.5) is 13.2 Å². The van der Waals surface area contributed by atoms with Gasteiger partial charge in [0.05, 0.1) is 11.7 Å². The lowest BCUT2D eigenvalue weighted by molar-refractivity contribution is -0.137. The summed E-state index contributed by atoms with van der Waals surface area (Å²) in [4.78, 5) is 0. The number of rotatable bonds is 6. The topological polar surface area (TPSA) is 58.3 Å². The minimum absolute atomic E-state index is 0.0569. The summed E-state index contributed by atoms with van der Waals surface area (Å²) in [6.45, 7) is 0.514. The number of nitrogens with one attached hydrogen (secondary N) is 1. The molecule has 19 heavy (non-hydrogen) atoms. The molecule has 0 amide bonds. The lowest BCUT2D eigenvalue weighted by Crippen LogP contribution is -2.24. The highest BCUT2D eigenvalue weighted by molar-refractivity contribution is 5.33. The fraction of sp³-hybridized carbons (Fsp3) is 0.538. The smallest absolute Gasteiger partial charge is 0.392 e. The number of alkyl halides is 3. The number of aliphatic hydroxyl groups excluding tert-OH is 1. The van der Waals surface area contributed by atoms with Crippen molar-refractivity contribution in [3.8, 4) is 0 Å². The van der Waals surface area contributed by atoms with Gasteiger partial charge in [-0.3, -0.25) is 0 Å². The molecule has 0 aliphatic rings. The average molecular weight is 276 g/mol. The van der Waals surface area contributed by atoms with E-state index >= 15 is 0 Å². The molecule has 0 aliphatic carbocycles. The Bertz CT molecular complexity index is 407. The number of aryl methyl sites for hydroxylation is 1. The summed E-state index contributed by atoms with van der Waals surface area (Å²) in [6.07, 6.45) is -3.88. The van der Waals surface area contributed by atoms with E-state index in [1.165, 1.54) is 6.07 Å². The Labute approximate surface area is 110 Å². The fourth-order valence-corrected chi connectivity index (χ4v) is 1.90. The molecule has 6 heteroatoms. The van der Waals surface area contributed by atoms with E-state index in [9.17, 15) is 18.3 Å². The van der Waals surface area contributed by atoms with Crippen LogP contribution in [0.3, 0.4) is 0 Å². The van der Waals surface area contributed by atoms with Gasteiger partial charge in [-0.2, -0.15) is 13.2 Å². The van der Waals surface area contributed by atoms with E-state index in [-0.39, 0.29) is 6.54 Å². The van der Waals surface area contributed by atoms with Gasteiger partial charge in [0.2, 0.25) is 0 Å². The third-order valence-electron chi connectivity index (χ3n) is 2.94. The van der Waals surface area contributed by atoms with Crippen LogP contribution in [0.5, 0.6) is 0 Å². The molecule has 0 saturated heterocycles. The van der Waals surface area contributed by atoms with Crippen LogP contribution in [0.1, 0.15) is 23.1 Å². The fourth-order valence-electron chi connectivity index (χ4n) is 1.90. The Balaban J connectivity index is 2.79. The monoisotopic (exact) mass is 276 g/mol. The van der Waals surface area contributed by atoms with Crippen LogP contribution in [0.2, 0.25) is 0 Å². The number of hydrogen-bond acceptors (Lipinski definition) is 3. The predicted molar refractivity (Wildman–Crippen MR) is 67.6 cm³/mol. The van der Waals surface area contributed by atoms with Crippen molar-refractivity contribution >= 4 is 0 Å². The number of hydrogen-bond donors (Lipinski definition) is 3. The summed E-state index contributed by atoms with van der Waals surface area (Å²) in [7, 11) is 1.73. The van der Waals surface area contributed by atoms with E-state index in [2.05, 4.69) is 5.32 Å². The normalized spacial score (nSPS) is 13.6. The molecule has 1 rings (SSSR count). The molecule has 0 spiro atoms. The first-order valence-electron chi connectivity index (χ1n) is 6.10. The molecule has 0 bridgehead atoms. The quantitative estimate of drug-likeness (QED) is 0.741. The third-order valence-corrected chi connectivity index (χ3v) is 2.94. The van der Waals surface area contributed by atoms with E-state index in [1.54, 1.807) is 7.05 Å². The number of halogens is 3. The van der Waals surface area contributed by atoms with Gasteiger partial charge in [0, 0.05) is 13.1 Å². The van der Waals surface area contributed by atoms with Crippen molar-refractivity contribution in [3.63, 3.8) is 0 Å². The molecule has 0 fully saturated rings. The first kappa shape index (κ1) is 15.9. The molecular formula is C13H19F3N2O. The maximum absolute atomic E-state index is 12.6. The van der Waals surface area contributed by atoms with Gasteiger partial charge in [-0.05, 0) is 43.1 Å². The van der Waals surface area contributed by atoms with Crippen LogP contribution in [-0.4, -0.2) is 24.8 Å². The van der Waals surface area contributed by atoms with E-state index in [4.69, 9.17) is 5.73 Å². The Kier molecular flexibility index (Phi) is 5.78. The lowest BCUT2D eigenvalue weighted by atomic mass is 9.98. The largest absolute Gasteiger partial charge is 0.416 e. The lowest BCUT2D eigenvalue weighted by Gasteiger charge is -2.14. The Morgan fingerprint density at radius 1 is 1.32 bits per heavy atom. The zero-order valence-corrected chi connectivity index (χ0v) is 10.8. The van der Waals surface area contributed by atoms with Crippen molar-refractivity contribution in [2.45, 2.75) is 31.7 Å². The summed E-state index contributed by atoms with van der Waals surface area (Å²) < 4.78 is 37.7. The molecule has 1 unspecified atom stereocenters. The SMILES string of the molecule is CNCC(O)CCc1ccc(C(F)(F)F)cc1CN. The zero-order chi connectivity index (χ0) is 14.5. The molecule has 0 saturated carbocycles. The van der Waals surface area contributed by atoms with Gasteiger partial charge in [-0.15, -0.1) is 0 Å². The molecule has 108 valence electrons. The van der Waals surface area contributed by atoms with Crippen molar-refractivity contribution in [2.75, 3.05) is 13.6 Å². The van der Waals surface area contributed by atoms with Gasteiger partial charge in [0.15, 0.2) is 0 Å². The van der Waals surface area contributed by atoms with Gasteiger partial charge in [-0.1, -0.05) is 6.07 Å². The molecule has 1 aromatic rings. The second kappa shape index (κ2) is 6.88. The van der Waals surface area contributed by atoms with Crippen molar-refractivity contribution in [3.05, 3.63) is 34.9 Å². The molecule has 0 radical (unpaired) electrons. The molecule has 0 aliphatic heterocycles. The minimum atomic E-state index is -4.35. The van der Waals surface area contributed by atoms with Gasteiger partial charge in [0.1, 0.15) is 0 Å². The van der Waals surface area contributed by atoms with Crippen molar-refractivity contribution in [1.29, 1.82) is 0 Å². The summed E-state index contributed by atoms with van der Waals surface area (Å²) in [5, 5.41) is 12.4. The first-order valence-corrected chi connectivity index (χ1v) is 6.10. The van der Waals surface area contributed by atoms with Crippen LogP contribution in [-0.2, 0) is 19.1 Å². The third kappa shape index (κ3) is 4.81. The van der Waals surface area contributed by atoms with E-state index in [0.29, 0.717) is 24.9 Å². The van der Waals surface area contributed by atoms with Gasteiger partial charge in [-0.25, -0.2) is 0 Å². The Hall–Kier alpha value is -1.11. The summed E-state index contributed by atoms with van der Waals surface area (Å²) in [6, 6.07) is 3.58. The molecule has 0 heterocycles. The first-order chi connectivity index (χ1) is 8.88. The Morgan fingerprint density at radius 3 is 2.53 bits per heavy atom. The average Bonchev–Trinajstić information content (AvgIpc) is 2.35. The van der Waals surface area contributed by atoms with E-state index < -0.39 is 17.8 Å². The molecule has 0 aromatic heterocycles. The summed E-state index contributed by atoms with van der Waals surface area (Å²) in [5.41, 5.74) is 6.03. The standard InChI is InChI=1S/C13H19F3N2O/c1-18-8-12(19)5-3-9-2-4-11(13(14,15)16)6-10(9)7-17/h2,4,6,12,18-19H,3,5,7-8,17H2,1H3. The van der Waals surface area contributed by atoms with Gasteiger partial charge in [0.25, 0.3) is 0 Å². The van der Waals surface area contributed by atoms with Crippen LogP contribution in [0.25, 0.3) is 0 Å². The second-order valence-electron chi connectivity index (χ2n) is 4.44. The molecule has 1 aromatic carbocycles. The highest BCUT2D eigenvalue weighted by Crippen LogP contribution is 2.30. The van der Waals surface area contributed by atoms with Crippen molar-refractivity contribution in [2.24, 2.45) is 5.73 Å². The van der Waals surface area contributed by atoms with E-state index in [1.807, 2.05) is 0 Å². The Morgan fingerprint density at radius 2 is 2.00 bits per heavy atom. The molecule has 3 nitrogen and oxygen atoms in total. The van der Waals surface area contributed by atoms with E-state index in [0.717, 1.165) is 17.7 Å². The number of aliphatic hydroxyl groups is 1. The van der Waals surface area contributed by atoms with Crippen LogP contribution in [0, 0.1) is 0 Å². The summed E-state index contributed by atoms with van der Waals surface area (Å²) in [5.74, 6) is 0. The van der Waals surface area contributed by atoms with Crippen molar-refractivity contribution < 1.29 is 18.3 Å². The highest BCUT2D eigenvalue weighted by atomic mass is 19.4. The molecule has 1 atom stereocenters. The minimum Gasteiger partial charge on any atom is -0.392 e.